The van der Waals surface area contributed by atoms with Crippen LogP contribution in [0.15, 0.2) is 72.8 Å². The number of para-hydroxylation sites is 1. The highest BCUT2D eigenvalue weighted by atomic mass is 16.5. The second-order valence-corrected chi connectivity index (χ2v) is 4.91. The van der Waals surface area contributed by atoms with Gasteiger partial charge in [-0.3, -0.25) is 0 Å². The number of allylic oxidation sites excluding steroid dienone is 1. The molecule has 106 valence electrons. The fraction of sp³-hybridized carbons (Fsp3) is 0.0476. The Hall–Kier alpha value is -2.98. The molecule has 0 amide bonds. The molecule has 3 aromatic rings. The molecule has 0 spiro atoms. The highest BCUT2D eigenvalue weighted by Crippen LogP contribution is 2.17. The van der Waals surface area contributed by atoms with Gasteiger partial charge in [0.05, 0.1) is 12.7 Å². The van der Waals surface area contributed by atoms with Crippen LogP contribution in [0.1, 0.15) is 11.1 Å². The summed E-state index contributed by atoms with van der Waals surface area (Å²) in [5.41, 5.74) is 2.04. The summed E-state index contributed by atoms with van der Waals surface area (Å²) in [6, 6.07) is 22.5. The summed E-state index contributed by atoms with van der Waals surface area (Å²) in [4.78, 5) is 0. The molecule has 0 saturated heterocycles. The van der Waals surface area contributed by atoms with Crippen molar-refractivity contribution in [1.82, 2.24) is 0 Å². The van der Waals surface area contributed by atoms with Gasteiger partial charge in [-0.2, -0.15) is 0 Å². The predicted molar refractivity (Wildman–Crippen MR) is 92.9 cm³/mol. The number of hydrogen-bond donors (Lipinski definition) is 0. The monoisotopic (exact) mass is 284 g/mol. The lowest BCUT2D eigenvalue weighted by atomic mass is 10.1. The van der Waals surface area contributed by atoms with Crippen LogP contribution in [0, 0.1) is 11.8 Å². The summed E-state index contributed by atoms with van der Waals surface area (Å²) in [6.45, 7) is 0. The molecule has 0 aromatic heterocycles. The van der Waals surface area contributed by atoms with Crippen molar-refractivity contribution in [3.63, 3.8) is 0 Å². The first-order chi connectivity index (χ1) is 10.9. The summed E-state index contributed by atoms with van der Waals surface area (Å²) >= 11 is 0. The Morgan fingerprint density at radius 2 is 1.64 bits per heavy atom. The first kappa shape index (κ1) is 14.0. The molecule has 22 heavy (non-hydrogen) atoms. The van der Waals surface area contributed by atoms with Crippen LogP contribution in [0.2, 0.25) is 0 Å². The van der Waals surface area contributed by atoms with E-state index in [4.69, 9.17) is 4.74 Å². The Balaban J connectivity index is 1.80. The number of rotatable bonds is 2. The van der Waals surface area contributed by atoms with Gasteiger partial charge in [0, 0.05) is 0 Å². The molecule has 0 atom stereocenters. The van der Waals surface area contributed by atoms with E-state index in [-0.39, 0.29) is 0 Å². The minimum Gasteiger partial charge on any atom is -0.495 e. The van der Waals surface area contributed by atoms with Gasteiger partial charge in [-0.1, -0.05) is 60.4 Å². The van der Waals surface area contributed by atoms with Gasteiger partial charge in [0.2, 0.25) is 0 Å². The topological polar surface area (TPSA) is 9.23 Å². The normalized spacial score (nSPS) is 10.4. The van der Waals surface area contributed by atoms with Gasteiger partial charge in [0.15, 0.2) is 0 Å². The average Bonchev–Trinajstić information content (AvgIpc) is 2.59. The quantitative estimate of drug-likeness (QED) is 0.607. The summed E-state index contributed by atoms with van der Waals surface area (Å²) in [6.07, 6.45) is 3.89. The van der Waals surface area contributed by atoms with Gasteiger partial charge in [-0.05, 0) is 46.7 Å². The largest absolute Gasteiger partial charge is 0.495 e. The standard InChI is InChI=1S/C21H16O/c1-22-21-13-7-6-11-19(21)10-3-2-8-17-14-15-18-9-4-5-12-20(18)16-17/h2,4-9,11-16H,1H3/b8-2+. The van der Waals surface area contributed by atoms with Gasteiger partial charge < -0.3 is 4.74 Å². The van der Waals surface area contributed by atoms with Crippen LogP contribution >= 0.6 is 0 Å². The van der Waals surface area contributed by atoms with Crippen LogP contribution in [-0.2, 0) is 0 Å². The molecule has 1 heteroatoms. The molecule has 3 aromatic carbocycles. The lowest BCUT2D eigenvalue weighted by Crippen LogP contribution is -1.85. The second-order valence-electron chi connectivity index (χ2n) is 4.91. The molecule has 0 saturated carbocycles. The third-order valence-electron chi connectivity index (χ3n) is 3.45. The number of fused-ring (bicyclic) bond motifs is 1. The summed E-state index contributed by atoms with van der Waals surface area (Å²) in [5, 5.41) is 2.49. The van der Waals surface area contributed by atoms with Crippen LogP contribution in [0.4, 0.5) is 0 Å². The van der Waals surface area contributed by atoms with E-state index in [1.807, 2.05) is 36.4 Å². The smallest absolute Gasteiger partial charge is 0.134 e. The van der Waals surface area contributed by atoms with Crippen molar-refractivity contribution in [2.45, 2.75) is 0 Å². The number of methoxy groups -OCH3 is 1. The number of ether oxygens (including phenoxy) is 1. The Morgan fingerprint density at radius 3 is 2.50 bits per heavy atom. The molecule has 0 aliphatic rings. The van der Waals surface area contributed by atoms with Crippen LogP contribution < -0.4 is 4.74 Å². The van der Waals surface area contributed by atoms with Crippen molar-refractivity contribution >= 4 is 16.8 Å². The Kier molecular flexibility index (Phi) is 4.22. The van der Waals surface area contributed by atoms with E-state index in [0.29, 0.717) is 0 Å². The van der Waals surface area contributed by atoms with Crippen LogP contribution in [-0.4, -0.2) is 7.11 Å². The van der Waals surface area contributed by atoms with E-state index in [9.17, 15) is 0 Å². The lowest BCUT2D eigenvalue weighted by Gasteiger charge is -2.00. The second kappa shape index (κ2) is 6.65. The Labute approximate surface area is 130 Å². The van der Waals surface area contributed by atoms with E-state index in [1.54, 1.807) is 7.11 Å². The molecule has 3 rings (SSSR count). The molecule has 0 aliphatic heterocycles. The van der Waals surface area contributed by atoms with Crippen molar-refractivity contribution in [3.8, 4) is 17.6 Å². The van der Waals surface area contributed by atoms with E-state index in [1.165, 1.54) is 10.8 Å². The molecular formula is C21H16O. The predicted octanol–water partition coefficient (Wildman–Crippen LogP) is 4.91. The van der Waals surface area contributed by atoms with Crippen LogP contribution in [0.25, 0.3) is 16.8 Å². The first-order valence-electron chi connectivity index (χ1n) is 7.17. The van der Waals surface area contributed by atoms with E-state index < -0.39 is 0 Å². The van der Waals surface area contributed by atoms with Gasteiger partial charge in [-0.15, -0.1) is 0 Å². The molecular weight excluding hydrogens is 268 g/mol. The van der Waals surface area contributed by atoms with Gasteiger partial charge in [0.1, 0.15) is 5.75 Å². The zero-order valence-corrected chi connectivity index (χ0v) is 12.4. The lowest BCUT2D eigenvalue weighted by molar-refractivity contribution is 0.413. The van der Waals surface area contributed by atoms with Crippen molar-refractivity contribution in [3.05, 3.63) is 83.9 Å². The van der Waals surface area contributed by atoms with Crippen molar-refractivity contribution in [2.75, 3.05) is 7.11 Å². The minimum atomic E-state index is 0.800. The van der Waals surface area contributed by atoms with Crippen molar-refractivity contribution in [1.29, 1.82) is 0 Å². The molecule has 0 fully saturated rings. The zero-order valence-electron chi connectivity index (χ0n) is 12.4. The maximum absolute atomic E-state index is 5.28. The third kappa shape index (κ3) is 3.19. The van der Waals surface area contributed by atoms with E-state index in [0.717, 1.165) is 16.9 Å². The first-order valence-corrected chi connectivity index (χ1v) is 7.17. The zero-order chi connectivity index (χ0) is 15.2. The molecule has 0 bridgehead atoms. The van der Waals surface area contributed by atoms with Gasteiger partial charge in [0.25, 0.3) is 0 Å². The van der Waals surface area contributed by atoms with Crippen molar-refractivity contribution in [2.24, 2.45) is 0 Å². The summed E-state index contributed by atoms with van der Waals surface area (Å²) in [7, 11) is 1.66. The molecule has 0 heterocycles. The molecule has 0 aliphatic carbocycles. The average molecular weight is 284 g/mol. The van der Waals surface area contributed by atoms with Crippen LogP contribution in [0.3, 0.4) is 0 Å². The summed E-state index contributed by atoms with van der Waals surface area (Å²) < 4.78 is 5.28. The SMILES string of the molecule is COc1ccccc1C#C/C=C/c1ccc2ccccc2c1. The maximum Gasteiger partial charge on any atom is 0.134 e. The van der Waals surface area contributed by atoms with Crippen LogP contribution in [0.5, 0.6) is 5.75 Å². The van der Waals surface area contributed by atoms with Gasteiger partial charge in [-0.25, -0.2) is 0 Å². The number of benzene rings is 3. The molecule has 0 radical (unpaired) electrons. The van der Waals surface area contributed by atoms with E-state index >= 15 is 0 Å². The highest BCUT2D eigenvalue weighted by Gasteiger charge is 1.95. The fourth-order valence-corrected chi connectivity index (χ4v) is 2.32. The van der Waals surface area contributed by atoms with Crippen molar-refractivity contribution < 1.29 is 4.74 Å². The minimum absolute atomic E-state index is 0.800. The number of hydrogen-bond acceptors (Lipinski definition) is 1. The Bertz CT molecular complexity index is 879. The molecule has 1 nitrogen and oxygen atoms in total. The fourth-order valence-electron chi connectivity index (χ4n) is 2.32. The Morgan fingerprint density at radius 1 is 0.864 bits per heavy atom. The summed E-state index contributed by atoms with van der Waals surface area (Å²) in [5.74, 6) is 6.97. The third-order valence-corrected chi connectivity index (χ3v) is 3.45. The highest BCUT2D eigenvalue weighted by molar-refractivity contribution is 5.84. The molecule has 0 unspecified atom stereocenters. The van der Waals surface area contributed by atoms with Gasteiger partial charge >= 0.3 is 0 Å². The maximum atomic E-state index is 5.28. The molecule has 0 N–H and O–H groups in total. The van der Waals surface area contributed by atoms with E-state index in [2.05, 4.69) is 54.3 Å².